The molecule has 1 aromatic carbocycles. The van der Waals surface area contributed by atoms with Crippen LogP contribution in [0.25, 0.3) is 10.4 Å². The fraction of sp³-hybridized carbons (Fsp3) is 0.600. The van der Waals surface area contributed by atoms with E-state index < -0.39 is 79.1 Å². The van der Waals surface area contributed by atoms with E-state index in [1.54, 1.807) is 24.3 Å². The van der Waals surface area contributed by atoms with Gasteiger partial charge in [-0.3, -0.25) is 19.2 Å². The maximum absolute atomic E-state index is 12.9. The van der Waals surface area contributed by atoms with Crippen molar-refractivity contribution in [3.8, 4) is 0 Å². The zero-order valence-electron chi connectivity index (χ0n) is 22.9. The molecule has 226 valence electrons. The Morgan fingerprint density at radius 1 is 1.17 bits per heavy atom. The summed E-state index contributed by atoms with van der Waals surface area (Å²) < 4.78 is 21.7. The largest absolute Gasteiger partial charge is 0.469 e. The number of hydrogen-bond acceptors (Lipinski definition) is 11. The Morgan fingerprint density at radius 2 is 1.85 bits per heavy atom. The van der Waals surface area contributed by atoms with Gasteiger partial charge in [0, 0.05) is 11.3 Å². The van der Waals surface area contributed by atoms with E-state index in [1.807, 2.05) is 6.07 Å². The average Bonchev–Trinajstić information content (AvgIpc) is 2.96. The minimum Gasteiger partial charge on any atom is -0.469 e. The molecule has 8 atom stereocenters. The van der Waals surface area contributed by atoms with Gasteiger partial charge in [-0.1, -0.05) is 35.4 Å². The molecular weight excluding hydrogens is 544 g/mol. The van der Waals surface area contributed by atoms with Crippen LogP contribution in [0.1, 0.15) is 32.3 Å². The number of hydrogen-bond donors (Lipinski definition) is 5. The number of primary amides is 1. The number of nitrogens with two attached hydrogens (primary N) is 1. The van der Waals surface area contributed by atoms with Crippen LogP contribution in [0.3, 0.4) is 0 Å². The van der Waals surface area contributed by atoms with Crippen LogP contribution < -0.4 is 16.4 Å². The molecule has 0 aromatic heterocycles. The predicted molar refractivity (Wildman–Crippen MR) is 140 cm³/mol. The van der Waals surface area contributed by atoms with Gasteiger partial charge in [0.1, 0.15) is 42.5 Å². The van der Waals surface area contributed by atoms with Crippen molar-refractivity contribution in [3.05, 3.63) is 46.3 Å². The highest BCUT2D eigenvalue weighted by molar-refractivity contribution is 5.92. The molecule has 3 unspecified atom stereocenters. The van der Waals surface area contributed by atoms with E-state index in [-0.39, 0.29) is 19.4 Å². The van der Waals surface area contributed by atoms with Gasteiger partial charge in [0.05, 0.1) is 20.3 Å². The van der Waals surface area contributed by atoms with Crippen molar-refractivity contribution in [2.24, 2.45) is 10.8 Å². The van der Waals surface area contributed by atoms with E-state index in [1.165, 1.54) is 21.0 Å². The zero-order valence-corrected chi connectivity index (χ0v) is 22.9. The first-order valence-corrected chi connectivity index (χ1v) is 12.8. The quantitative estimate of drug-likeness (QED) is 0.0745. The molecular formula is C25H36N6O10. The van der Waals surface area contributed by atoms with Gasteiger partial charge in [0.25, 0.3) is 0 Å². The first-order chi connectivity index (χ1) is 19.5. The molecule has 1 aromatic rings. The summed E-state index contributed by atoms with van der Waals surface area (Å²) in [5.74, 6) is -3.01. The lowest BCUT2D eigenvalue weighted by Gasteiger charge is -2.43. The van der Waals surface area contributed by atoms with Crippen LogP contribution in [0.4, 0.5) is 0 Å². The third-order valence-electron chi connectivity index (χ3n) is 6.27. The van der Waals surface area contributed by atoms with E-state index >= 15 is 0 Å². The summed E-state index contributed by atoms with van der Waals surface area (Å²) in [5.41, 5.74) is 15.2. The van der Waals surface area contributed by atoms with Gasteiger partial charge in [-0.15, -0.1) is 0 Å². The lowest BCUT2D eigenvalue weighted by molar-refractivity contribution is -0.279. The Morgan fingerprint density at radius 3 is 2.44 bits per heavy atom. The third kappa shape index (κ3) is 9.97. The van der Waals surface area contributed by atoms with Gasteiger partial charge in [-0.05, 0) is 31.4 Å². The van der Waals surface area contributed by atoms with E-state index in [0.717, 1.165) is 5.56 Å². The lowest BCUT2D eigenvalue weighted by atomic mass is 9.97. The van der Waals surface area contributed by atoms with Crippen LogP contribution in [0.5, 0.6) is 0 Å². The molecule has 1 heterocycles. The Labute approximate surface area is 236 Å². The van der Waals surface area contributed by atoms with Crippen LogP contribution in [0, 0.1) is 0 Å². The zero-order chi connectivity index (χ0) is 30.5. The molecule has 0 radical (unpaired) electrons. The topological polar surface area (TPSA) is 244 Å². The number of benzene rings is 1. The van der Waals surface area contributed by atoms with E-state index in [2.05, 4.69) is 25.4 Å². The molecule has 0 saturated carbocycles. The number of methoxy groups -OCH3 is 1. The van der Waals surface area contributed by atoms with Gasteiger partial charge in [-0.2, -0.15) is 0 Å². The highest BCUT2D eigenvalue weighted by Crippen LogP contribution is 2.28. The fourth-order valence-corrected chi connectivity index (χ4v) is 3.92. The number of aliphatic hydroxyl groups excluding tert-OH is 2. The summed E-state index contributed by atoms with van der Waals surface area (Å²) in [5, 5.41) is 28.9. The second kappa shape index (κ2) is 16.5. The maximum Gasteiger partial charge on any atom is 0.305 e. The minimum atomic E-state index is -1.51. The SMILES string of the molecule is COC(=O)CCC(NC(=O)C(C)NC(=O)C(C)O[C@H]1[C@H](O)[C@@H](CO)O[C@H](OCc2ccccc2)[C@@H]1N=[N+]=[N-])C(N)=O. The van der Waals surface area contributed by atoms with Gasteiger partial charge in [-0.25, -0.2) is 0 Å². The van der Waals surface area contributed by atoms with Gasteiger partial charge in [0.2, 0.25) is 17.7 Å². The van der Waals surface area contributed by atoms with Crippen molar-refractivity contribution in [2.45, 2.75) is 82.1 Å². The Balaban J connectivity index is 2.07. The molecule has 16 heteroatoms. The van der Waals surface area contributed by atoms with Crippen LogP contribution in [0.15, 0.2) is 35.4 Å². The monoisotopic (exact) mass is 580 g/mol. The van der Waals surface area contributed by atoms with E-state index in [0.29, 0.717) is 0 Å². The number of carbonyl (C=O) groups is 4. The molecule has 3 amide bonds. The number of azide groups is 1. The Hall–Kier alpha value is -3.79. The van der Waals surface area contributed by atoms with Crippen molar-refractivity contribution in [2.75, 3.05) is 13.7 Å². The summed E-state index contributed by atoms with van der Waals surface area (Å²) in [6.07, 6.45) is -6.81. The van der Waals surface area contributed by atoms with E-state index in [4.69, 9.17) is 25.5 Å². The van der Waals surface area contributed by atoms with Gasteiger partial charge >= 0.3 is 5.97 Å². The van der Waals surface area contributed by atoms with E-state index in [9.17, 15) is 29.4 Å². The summed E-state index contributed by atoms with van der Waals surface area (Å²) >= 11 is 0. The molecule has 0 bridgehead atoms. The number of esters is 1. The standard InChI is InChI=1S/C25H36N6O10/c1-13(23(36)29-16(22(26)35)9-10-18(33)38-3)28-24(37)14(2)40-21-19(30-31-27)25(41-17(11-32)20(21)34)39-12-15-7-5-4-6-8-15/h4-8,13-14,16-17,19-21,25,32,34H,9-12H2,1-3H3,(H2,26,35)(H,28,37)(H,29,36)/t13?,14?,16?,17-,19-,20-,21-,25+/m1/s1. The molecule has 1 fully saturated rings. The van der Waals surface area contributed by atoms with Gasteiger partial charge < -0.3 is 45.5 Å². The molecule has 0 spiro atoms. The number of ether oxygens (including phenoxy) is 4. The molecule has 1 aliphatic rings. The smallest absolute Gasteiger partial charge is 0.305 e. The number of nitrogens with one attached hydrogen (secondary N) is 2. The summed E-state index contributed by atoms with van der Waals surface area (Å²) in [6.45, 7) is 2.12. The average molecular weight is 581 g/mol. The fourth-order valence-electron chi connectivity index (χ4n) is 3.92. The summed E-state index contributed by atoms with van der Waals surface area (Å²) in [6, 6.07) is 5.43. The first kappa shape index (κ1) is 33.4. The second-order valence-electron chi connectivity index (χ2n) is 9.26. The lowest BCUT2D eigenvalue weighted by Crippen LogP contribution is -2.61. The number of amides is 3. The number of carbonyl (C=O) groups excluding carboxylic acids is 4. The molecule has 41 heavy (non-hydrogen) atoms. The van der Waals surface area contributed by atoms with Crippen LogP contribution in [0.2, 0.25) is 0 Å². The highest BCUT2D eigenvalue weighted by atomic mass is 16.7. The van der Waals surface area contributed by atoms with Gasteiger partial charge in [0.15, 0.2) is 6.29 Å². The summed E-state index contributed by atoms with van der Waals surface area (Å²) in [4.78, 5) is 51.3. The van der Waals surface area contributed by atoms with Crippen LogP contribution in [-0.2, 0) is 44.7 Å². The van der Waals surface area contributed by atoms with Crippen molar-refractivity contribution in [1.82, 2.24) is 10.6 Å². The molecule has 0 aliphatic carbocycles. The van der Waals surface area contributed by atoms with Crippen molar-refractivity contribution in [3.63, 3.8) is 0 Å². The Bertz CT molecular complexity index is 1090. The number of rotatable bonds is 15. The molecule has 6 N–H and O–H groups in total. The van der Waals surface area contributed by atoms with Crippen LogP contribution in [-0.4, -0.2) is 96.5 Å². The number of nitrogens with zero attached hydrogens (tertiary/aromatic N) is 3. The predicted octanol–water partition coefficient (Wildman–Crippen LogP) is -0.838. The maximum atomic E-state index is 12.9. The third-order valence-corrected chi connectivity index (χ3v) is 6.27. The van der Waals surface area contributed by atoms with Crippen molar-refractivity contribution < 1.29 is 48.3 Å². The number of aliphatic hydroxyl groups is 2. The van der Waals surface area contributed by atoms with Crippen molar-refractivity contribution in [1.29, 1.82) is 0 Å². The normalized spacial score (nSPS) is 24.2. The molecule has 2 rings (SSSR count). The summed E-state index contributed by atoms with van der Waals surface area (Å²) in [7, 11) is 1.18. The first-order valence-electron chi connectivity index (χ1n) is 12.8. The van der Waals surface area contributed by atoms with Crippen molar-refractivity contribution >= 4 is 23.7 Å². The molecule has 16 nitrogen and oxygen atoms in total. The second-order valence-corrected chi connectivity index (χ2v) is 9.26. The highest BCUT2D eigenvalue weighted by Gasteiger charge is 2.47. The van der Waals surface area contributed by atoms with Crippen LogP contribution >= 0.6 is 0 Å². The Kier molecular flexibility index (Phi) is 13.4. The minimum absolute atomic E-state index is 0.0541. The molecule has 1 aliphatic heterocycles. The molecule has 1 saturated heterocycles.